The quantitative estimate of drug-likeness (QED) is 0.578. The smallest absolute Gasteiger partial charge is 0.253 e. The van der Waals surface area contributed by atoms with E-state index in [0.29, 0.717) is 11.1 Å². The Balaban J connectivity index is 2.54. The van der Waals surface area contributed by atoms with Crippen LogP contribution in [0.2, 0.25) is 0 Å². The summed E-state index contributed by atoms with van der Waals surface area (Å²) in [4.78, 5) is 13.8. The van der Waals surface area contributed by atoms with Gasteiger partial charge in [0.05, 0.1) is 0 Å². The number of carbonyl (C=O) groups excluding carboxylic acids is 1. The van der Waals surface area contributed by atoms with Gasteiger partial charge in [0.1, 0.15) is 5.82 Å². The molecule has 18 heavy (non-hydrogen) atoms. The van der Waals surface area contributed by atoms with Crippen molar-refractivity contribution in [1.29, 1.82) is 0 Å². The molecule has 0 radical (unpaired) electrons. The summed E-state index contributed by atoms with van der Waals surface area (Å²) >= 11 is 3.38. The minimum absolute atomic E-state index is 0.0445. The average molecular weight is 316 g/mol. The lowest BCUT2D eigenvalue weighted by Crippen LogP contribution is -2.27. The van der Waals surface area contributed by atoms with Crippen molar-refractivity contribution in [3.63, 3.8) is 0 Å². The number of nitrogens with zero attached hydrogens (tertiary/aromatic N) is 1. The van der Waals surface area contributed by atoms with Gasteiger partial charge >= 0.3 is 0 Å². The maximum atomic E-state index is 13.1. The Morgan fingerprint density at radius 2 is 2.06 bits per heavy atom. The van der Waals surface area contributed by atoms with Gasteiger partial charge in [0.25, 0.3) is 5.91 Å². The first-order valence-electron chi connectivity index (χ1n) is 6.14. The van der Waals surface area contributed by atoms with Crippen LogP contribution in [0.15, 0.2) is 18.2 Å². The lowest BCUT2D eigenvalue weighted by molar-refractivity contribution is 0.0792. The first-order chi connectivity index (χ1) is 8.56. The van der Waals surface area contributed by atoms with Crippen LogP contribution in [0.25, 0.3) is 0 Å². The van der Waals surface area contributed by atoms with Gasteiger partial charge in [0, 0.05) is 24.5 Å². The zero-order valence-electron chi connectivity index (χ0n) is 10.9. The van der Waals surface area contributed by atoms with Crippen molar-refractivity contribution >= 4 is 21.8 Å². The van der Waals surface area contributed by atoms with E-state index in [1.54, 1.807) is 31.0 Å². The first kappa shape index (κ1) is 15.2. The largest absolute Gasteiger partial charge is 0.342 e. The summed E-state index contributed by atoms with van der Waals surface area (Å²) in [7, 11) is 1.79. The van der Waals surface area contributed by atoms with Gasteiger partial charge in [-0.25, -0.2) is 4.39 Å². The molecule has 0 saturated carbocycles. The highest BCUT2D eigenvalue weighted by molar-refractivity contribution is 9.09. The average Bonchev–Trinajstić information content (AvgIpc) is 2.37. The molecule has 4 heteroatoms. The number of hydrogen-bond acceptors (Lipinski definition) is 1. The summed E-state index contributed by atoms with van der Waals surface area (Å²) in [6, 6.07) is 4.49. The van der Waals surface area contributed by atoms with Crippen molar-refractivity contribution in [1.82, 2.24) is 4.90 Å². The van der Waals surface area contributed by atoms with Crippen LogP contribution in [0.5, 0.6) is 0 Å². The van der Waals surface area contributed by atoms with Crippen molar-refractivity contribution in [2.24, 2.45) is 0 Å². The third-order valence-electron chi connectivity index (χ3n) is 2.88. The van der Waals surface area contributed by atoms with Crippen LogP contribution in [-0.4, -0.2) is 29.7 Å². The number of carbonyl (C=O) groups is 1. The number of aryl methyl sites for hydroxylation is 1. The predicted molar refractivity (Wildman–Crippen MR) is 75.7 cm³/mol. The second-order valence-electron chi connectivity index (χ2n) is 4.44. The van der Waals surface area contributed by atoms with E-state index in [9.17, 15) is 9.18 Å². The summed E-state index contributed by atoms with van der Waals surface area (Å²) in [5.41, 5.74) is 1.06. The Bertz CT molecular complexity index is 409. The topological polar surface area (TPSA) is 20.3 Å². The predicted octanol–water partition coefficient (Wildman–Crippen LogP) is 3.77. The number of alkyl halides is 1. The van der Waals surface area contributed by atoms with Gasteiger partial charge in [-0.05, 0) is 43.5 Å². The summed E-state index contributed by atoms with van der Waals surface area (Å²) in [6.45, 7) is 2.41. The summed E-state index contributed by atoms with van der Waals surface area (Å²) in [6.07, 6.45) is 3.22. The highest BCUT2D eigenvalue weighted by Crippen LogP contribution is 2.11. The Kier molecular flexibility index (Phi) is 6.33. The van der Waals surface area contributed by atoms with Crippen molar-refractivity contribution < 1.29 is 9.18 Å². The summed E-state index contributed by atoms with van der Waals surface area (Å²) in [5.74, 6) is -0.316. The third-order valence-corrected chi connectivity index (χ3v) is 3.44. The van der Waals surface area contributed by atoms with Gasteiger partial charge < -0.3 is 4.90 Å². The Labute approximate surface area is 116 Å². The molecule has 1 amide bonds. The van der Waals surface area contributed by atoms with Crippen LogP contribution in [0, 0.1) is 12.7 Å². The highest BCUT2D eigenvalue weighted by atomic mass is 79.9. The molecule has 0 N–H and O–H groups in total. The Morgan fingerprint density at radius 3 is 2.67 bits per heavy atom. The van der Waals surface area contributed by atoms with Gasteiger partial charge in [-0.3, -0.25) is 4.79 Å². The monoisotopic (exact) mass is 315 g/mol. The van der Waals surface area contributed by atoms with E-state index in [2.05, 4.69) is 15.9 Å². The molecule has 0 fully saturated rings. The van der Waals surface area contributed by atoms with E-state index in [4.69, 9.17) is 0 Å². The number of hydrogen-bond donors (Lipinski definition) is 0. The molecule has 0 bridgehead atoms. The van der Waals surface area contributed by atoms with E-state index >= 15 is 0 Å². The van der Waals surface area contributed by atoms with Crippen LogP contribution < -0.4 is 0 Å². The van der Waals surface area contributed by atoms with Gasteiger partial charge in [0.2, 0.25) is 0 Å². The lowest BCUT2D eigenvalue weighted by atomic mass is 10.1. The number of benzene rings is 1. The fourth-order valence-corrected chi connectivity index (χ4v) is 2.12. The SMILES string of the molecule is Cc1cc(C(=O)N(C)CCCCCBr)ccc1F. The second kappa shape index (κ2) is 7.52. The number of amides is 1. The van der Waals surface area contributed by atoms with E-state index in [0.717, 1.165) is 31.1 Å². The summed E-state index contributed by atoms with van der Waals surface area (Å²) in [5, 5.41) is 1.00. The molecule has 100 valence electrons. The normalized spacial score (nSPS) is 10.4. The maximum Gasteiger partial charge on any atom is 0.253 e. The molecular formula is C14H19BrFNO. The van der Waals surface area contributed by atoms with Gasteiger partial charge in [0.15, 0.2) is 0 Å². The van der Waals surface area contributed by atoms with Crippen LogP contribution in [0.1, 0.15) is 35.2 Å². The summed E-state index contributed by atoms with van der Waals surface area (Å²) < 4.78 is 13.1. The fourth-order valence-electron chi connectivity index (χ4n) is 1.72. The van der Waals surface area contributed by atoms with Crippen LogP contribution >= 0.6 is 15.9 Å². The molecule has 0 saturated heterocycles. The van der Waals surface area contributed by atoms with Crippen LogP contribution in [-0.2, 0) is 0 Å². The standard InChI is InChI=1S/C14H19BrFNO/c1-11-10-12(6-7-13(11)16)14(18)17(2)9-5-3-4-8-15/h6-7,10H,3-5,8-9H2,1-2H3. The van der Waals surface area contributed by atoms with Gasteiger partial charge in [-0.2, -0.15) is 0 Å². The van der Waals surface area contributed by atoms with Crippen molar-refractivity contribution in [2.45, 2.75) is 26.2 Å². The van der Waals surface area contributed by atoms with E-state index < -0.39 is 0 Å². The molecule has 0 aromatic heterocycles. The van der Waals surface area contributed by atoms with Crippen molar-refractivity contribution in [2.75, 3.05) is 18.9 Å². The highest BCUT2D eigenvalue weighted by Gasteiger charge is 2.12. The Hall–Kier alpha value is -0.900. The first-order valence-corrected chi connectivity index (χ1v) is 7.26. The van der Waals surface area contributed by atoms with Gasteiger partial charge in [-0.15, -0.1) is 0 Å². The Morgan fingerprint density at radius 1 is 1.33 bits per heavy atom. The molecule has 0 heterocycles. The van der Waals surface area contributed by atoms with Crippen molar-refractivity contribution in [3.05, 3.63) is 35.1 Å². The zero-order valence-corrected chi connectivity index (χ0v) is 12.5. The van der Waals surface area contributed by atoms with E-state index in [-0.39, 0.29) is 11.7 Å². The second-order valence-corrected chi connectivity index (χ2v) is 5.23. The molecular weight excluding hydrogens is 297 g/mol. The van der Waals surface area contributed by atoms with Crippen LogP contribution in [0.3, 0.4) is 0 Å². The molecule has 0 spiro atoms. The molecule has 1 rings (SSSR count). The molecule has 1 aromatic carbocycles. The number of unbranched alkanes of at least 4 members (excludes halogenated alkanes) is 2. The fraction of sp³-hybridized carbons (Fsp3) is 0.500. The minimum atomic E-state index is -0.272. The van der Waals surface area contributed by atoms with Gasteiger partial charge in [-0.1, -0.05) is 22.4 Å². The molecule has 0 aliphatic carbocycles. The lowest BCUT2D eigenvalue weighted by Gasteiger charge is -2.17. The molecule has 0 unspecified atom stereocenters. The minimum Gasteiger partial charge on any atom is -0.342 e. The molecule has 1 aromatic rings. The molecule has 0 atom stereocenters. The number of rotatable bonds is 6. The molecule has 0 aliphatic heterocycles. The van der Waals surface area contributed by atoms with E-state index in [1.165, 1.54) is 6.07 Å². The van der Waals surface area contributed by atoms with Crippen LogP contribution in [0.4, 0.5) is 4.39 Å². The van der Waals surface area contributed by atoms with Crippen molar-refractivity contribution in [3.8, 4) is 0 Å². The molecule has 0 aliphatic rings. The number of halogens is 2. The maximum absolute atomic E-state index is 13.1. The molecule has 2 nitrogen and oxygen atoms in total. The zero-order chi connectivity index (χ0) is 13.5. The third kappa shape index (κ3) is 4.41. The van der Waals surface area contributed by atoms with E-state index in [1.807, 2.05) is 0 Å².